The van der Waals surface area contributed by atoms with Gasteiger partial charge in [-0.1, -0.05) is 36.7 Å². The van der Waals surface area contributed by atoms with Crippen LogP contribution in [-0.4, -0.2) is 58.1 Å². The summed E-state index contributed by atoms with van der Waals surface area (Å²) in [6, 6.07) is 11.2. The highest BCUT2D eigenvalue weighted by Gasteiger charge is 2.32. The summed E-state index contributed by atoms with van der Waals surface area (Å²) < 4.78 is 31.7. The number of halogens is 1. The van der Waals surface area contributed by atoms with Crippen molar-refractivity contribution in [2.75, 3.05) is 31.3 Å². The number of benzene rings is 2. The number of nitrogens with zero attached hydrogens (tertiary/aromatic N) is 2. The number of aryl methyl sites for hydroxylation is 1. The van der Waals surface area contributed by atoms with E-state index < -0.39 is 28.5 Å². The molecule has 8 nitrogen and oxygen atoms in total. The molecule has 180 valence electrons. The van der Waals surface area contributed by atoms with Crippen molar-refractivity contribution in [2.24, 2.45) is 0 Å². The summed E-state index contributed by atoms with van der Waals surface area (Å²) in [5.41, 5.74) is 1.82. The summed E-state index contributed by atoms with van der Waals surface area (Å²) in [7, 11) is -0.916. The number of carbonyl (C=O) groups is 2. The second kappa shape index (κ2) is 11.4. The number of carbonyl (C=O) groups excluding carboxylic acids is 2. The number of likely N-dealkylation sites (N-methyl/N-ethyl adjacent to an activating group) is 1. The van der Waals surface area contributed by atoms with Crippen molar-refractivity contribution in [1.82, 2.24) is 10.2 Å². The van der Waals surface area contributed by atoms with Crippen molar-refractivity contribution in [1.29, 1.82) is 0 Å². The Kier molecular flexibility index (Phi) is 9.13. The number of anilines is 1. The molecule has 0 saturated carbocycles. The summed E-state index contributed by atoms with van der Waals surface area (Å²) in [6.07, 6.45) is 1.38. The molecule has 1 N–H and O–H groups in total. The van der Waals surface area contributed by atoms with Crippen molar-refractivity contribution >= 4 is 39.1 Å². The summed E-state index contributed by atoms with van der Waals surface area (Å²) in [4.78, 5) is 27.5. The topological polar surface area (TPSA) is 96.0 Å². The molecule has 1 atom stereocenters. The van der Waals surface area contributed by atoms with E-state index in [1.165, 1.54) is 19.1 Å². The average molecular weight is 496 g/mol. The second-order valence-corrected chi connectivity index (χ2v) is 9.97. The molecular weight excluding hydrogens is 466 g/mol. The minimum atomic E-state index is -3.84. The van der Waals surface area contributed by atoms with E-state index in [1.807, 2.05) is 6.92 Å². The molecule has 0 radical (unpaired) electrons. The predicted octanol–water partition coefficient (Wildman–Crippen LogP) is 2.98. The molecule has 1 unspecified atom stereocenters. The van der Waals surface area contributed by atoms with Crippen molar-refractivity contribution in [3.05, 3.63) is 58.6 Å². The van der Waals surface area contributed by atoms with Crippen LogP contribution in [0.1, 0.15) is 24.5 Å². The molecule has 0 aliphatic heterocycles. The zero-order chi connectivity index (χ0) is 24.8. The maximum atomic E-state index is 13.5. The second-order valence-electron chi connectivity index (χ2n) is 7.63. The Morgan fingerprint density at radius 3 is 2.30 bits per heavy atom. The van der Waals surface area contributed by atoms with Gasteiger partial charge in [-0.15, -0.1) is 0 Å². The van der Waals surface area contributed by atoms with E-state index in [-0.39, 0.29) is 18.1 Å². The molecule has 0 heterocycles. The minimum absolute atomic E-state index is 0.116. The molecule has 0 bridgehead atoms. The highest BCUT2D eigenvalue weighted by molar-refractivity contribution is 7.92. The Balaban J connectivity index is 2.49. The van der Waals surface area contributed by atoms with Crippen LogP contribution >= 0.6 is 11.6 Å². The number of amides is 2. The number of hydrogen-bond donors (Lipinski definition) is 1. The largest absolute Gasteiger partial charge is 0.495 e. The first-order valence-corrected chi connectivity index (χ1v) is 12.6. The van der Waals surface area contributed by atoms with Crippen LogP contribution in [-0.2, 0) is 26.2 Å². The van der Waals surface area contributed by atoms with Gasteiger partial charge in [0, 0.05) is 18.6 Å². The van der Waals surface area contributed by atoms with Gasteiger partial charge >= 0.3 is 0 Å². The van der Waals surface area contributed by atoms with Gasteiger partial charge in [-0.2, -0.15) is 0 Å². The molecule has 0 saturated heterocycles. The third-order valence-corrected chi connectivity index (χ3v) is 6.56. The molecule has 2 aromatic carbocycles. The fraction of sp³-hybridized carbons (Fsp3) is 0.391. The minimum Gasteiger partial charge on any atom is -0.495 e. The molecule has 0 fully saturated rings. The van der Waals surface area contributed by atoms with Crippen LogP contribution in [0.3, 0.4) is 0 Å². The zero-order valence-electron chi connectivity index (χ0n) is 19.5. The van der Waals surface area contributed by atoms with Gasteiger partial charge in [-0.3, -0.25) is 13.9 Å². The number of rotatable bonds is 10. The molecule has 10 heteroatoms. The van der Waals surface area contributed by atoms with Crippen LogP contribution in [0.15, 0.2) is 42.5 Å². The molecule has 0 aliphatic carbocycles. The first-order chi connectivity index (χ1) is 15.5. The molecule has 33 heavy (non-hydrogen) atoms. The van der Waals surface area contributed by atoms with E-state index in [2.05, 4.69) is 5.32 Å². The molecule has 0 aliphatic rings. The third-order valence-electron chi connectivity index (χ3n) is 5.18. The number of hydrogen-bond acceptors (Lipinski definition) is 5. The molecule has 0 spiro atoms. The van der Waals surface area contributed by atoms with Gasteiger partial charge in [0.1, 0.15) is 18.3 Å². The van der Waals surface area contributed by atoms with E-state index in [1.54, 1.807) is 49.4 Å². The lowest BCUT2D eigenvalue weighted by Crippen LogP contribution is -2.51. The highest BCUT2D eigenvalue weighted by Crippen LogP contribution is 2.31. The molecule has 2 aromatic rings. The highest BCUT2D eigenvalue weighted by atomic mass is 35.5. The quantitative estimate of drug-likeness (QED) is 0.546. The van der Waals surface area contributed by atoms with Gasteiger partial charge in [0.05, 0.1) is 19.1 Å². The van der Waals surface area contributed by atoms with Crippen LogP contribution in [0.25, 0.3) is 0 Å². The third kappa shape index (κ3) is 6.85. The lowest BCUT2D eigenvalue weighted by molar-refractivity contribution is -0.140. The Hall–Kier alpha value is -2.78. The Morgan fingerprint density at radius 2 is 1.79 bits per heavy atom. The Bertz CT molecular complexity index is 1090. The maximum absolute atomic E-state index is 13.5. The molecule has 0 aromatic heterocycles. The predicted molar refractivity (Wildman–Crippen MR) is 130 cm³/mol. The number of sulfonamides is 1. The van der Waals surface area contributed by atoms with Crippen molar-refractivity contribution in [3.8, 4) is 5.75 Å². The summed E-state index contributed by atoms with van der Waals surface area (Å²) >= 11 is 5.97. The van der Waals surface area contributed by atoms with Crippen LogP contribution in [0.5, 0.6) is 5.75 Å². The number of ether oxygens (including phenoxy) is 1. The smallest absolute Gasteiger partial charge is 0.244 e. The first-order valence-electron chi connectivity index (χ1n) is 10.4. The molecule has 2 amide bonds. The van der Waals surface area contributed by atoms with E-state index in [0.717, 1.165) is 21.7 Å². The van der Waals surface area contributed by atoms with E-state index in [9.17, 15) is 18.0 Å². The Morgan fingerprint density at radius 1 is 1.15 bits per heavy atom. The van der Waals surface area contributed by atoms with Crippen molar-refractivity contribution in [2.45, 2.75) is 32.9 Å². The molecular formula is C23H30ClN3O5S. The normalized spacial score (nSPS) is 12.1. The van der Waals surface area contributed by atoms with Gasteiger partial charge in [-0.05, 0) is 48.7 Å². The summed E-state index contributed by atoms with van der Waals surface area (Å²) in [5.74, 6) is -0.533. The van der Waals surface area contributed by atoms with Gasteiger partial charge < -0.3 is 15.0 Å². The number of methoxy groups -OCH3 is 1. The summed E-state index contributed by atoms with van der Waals surface area (Å²) in [6.45, 7) is 3.24. The fourth-order valence-electron chi connectivity index (χ4n) is 3.46. The Labute approximate surface area is 200 Å². The average Bonchev–Trinajstić information content (AvgIpc) is 2.77. The SMILES string of the molecule is CCC(C(=O)NC)N(Cc1ccc(Cl)cc1)C(=O)CN(c1cc(C)ccc1OC)S(C)(=O)=O. The number of nitrogens with one attached hydrogen (secondary N) is 1. The van der Waals surface area contributed by atoms with Gasteiger partial charge in [0.2, 0.25) is 21.8 Å². The zero-order valence-corrected chi connectivity index (χ0v) is 21.0. The summed E-state index contributed by atoms with van der Waals surface area (Å²) in [5, 5.41) is 3.13. The van der Waals surface area contributed by atoms with Crippen LogP contribution in [0, 0.1) is 6.92 Å². The maximum Gasteiger partial charge on any atom is 0.244 e. The van der Waals surface area contributed by atoms with Gasteiger partial charge in [0.15, 0.2) is 0 Å². The van der Waals surface area contributed by atoms with Crippen LogP contribution < -0.4 is 14.4 Å². The lowest BCUT2D eigenvalue weighted by Gasteiger charge is -2.33. The van der Waals surface area contributed by atoms with Crippen molar-refractivity contribution in [3.63, 3.8) is 0 Å². The standard InChI is InChI=1S/C23H30ClN3O5S/c1-6-19(23(29)25-3)26(14-17-8-10-18(24)11-9-17)22(28)15-27(33(5,30)31)20-13-16(2)7-12-21(20)32-4/h7-13,19H,6,14-15H2,1-5H3,(H,25,29). The van der Waals surface area contributed by atoms with Gasteiger partial charge in [0.25, 0.3) is 0 Å². The van der Waals surface area contributed by atoms with E-state index in [4.69, 9.17) is 16.3 Å². The van der Waals surface area contributed by atoms with E-state index in [0.29, 0.717) is 17.2 Å². The van der Waals surface area contributed by atoms with Gasteiger partial charge in [-0.25, -0.2) is 8.42 Å². The van der Waals surface area contributed by atoms with Crippen LogP contribution in [0.2, 0.25) is 5.02 Å². The van der Waals surface area contributed by atoms with Crippen LogP contribution in [0.4, 0.5) is 5.69 Å². The van der Waals surface area contributed by atoms with E-state index >= 15 is 0 Å². The van der Waals surface area contributed by atoms with Crippen molar-refractivity contribution < 1.29 is 22.7 Å². The monoisotopic (exact) mass is 495 g/mol. The fourth-order valence-corrected chi connectivity index (χ4v) is 4.43. The molecule has 2 rings (SSSR count). The first kappa shape index (κ1) is 26.5. The lowest BCUT2D eigenvalue weighted by atomic mass is 10.1.